The molecule has 0 spiro atoms. The van der Waals surface area contributed by atoms with Crippen molar-refractivity contribution in [1.29, 1.82) is 0 Å². The van der Waals surface area contributed by atoms with Gasteiger partial charge in [0.15, 0.2) is 5.69 Å². The molecule has 9 nitrogen and oxygen atoms in total. The van der Waals surface area contributed by atoms with Crippen molar-refractivity contribution in [2.45, 2.75) is 64.3 Å². The summed E-state index contributed by atoms with van der Waals surface area (Å²) in [5, 5.41) is 5.77. The van der Waals surface area contributed by atoms with Crippen molar-refractivity contribution in [3.8, 4) is 5.75 Å². The molecule has 1 saturated carbocycles. The van der Waals surface area contributed by atoms with Gasteiger partial charge in [-0.3, -0.25) is 14.4 Å². The number of benzene rings is 1. The molecule has 0 bridgehead atoms. The minimum absolute atomic E-state index is 0.0103. The van der Waals surface area contributed by atoms with Crippen LogP contribution in [0.2, 0.25) is 0 Å². The number of nitrogens with one attached hydrogen (secondary N) is 2. The van der Waals surface area contributed by atoms with Gasteiger partial charge in [0.25, 0.3) is 11.8 Å². The minimum Gasteiger partial charge on any atom is -0.497 e. The molecule has 0 saturated heterocycles. The van der Waals surface area contributed by atoms with Crippen molar-refractivity contribution in [3.05, 3.63) is 47.5 Å². The Hall–Kier alpha value is -3.36. The lowest BCUT2D eigenvalue weighted by Gasteiger charge is -2.44. The molecule has 0 radical (unpaired) electrons. The molecule has 9 heteroatoms. The number of aromatic nitrogens is 2. The van der Waals surface area contributed by atoms with E-state index in [0.717, 1.165) is 24.2 Å². The topological polar surface area (TPSA) is 106 Å². The van der Waals surface area contributed by atoms with Gasteiger partial charge in [-0.05, 0) is 51.3 Å². The Kier molecular flexibility index (Phi) is 5.66. The number of imidazole rings is 1. The van der Waals surface area contributed by atoms with Gasteiger partial charge in [-0.2, -0.15) is 0 Å². The highest BCUT2D eigenvalue weighted by molar-refractivity contribution is 6.07. The molecule has 3 amide bonds. The molecular formula is C23H29N5O4. The van der Waals surface area contributed by atoms with Crippen LogP contribution in [-0.4, -0.2) is 56.9 Å². The van der Waals surface area contributed by atoms with Crippen molar-refractivity contribution < 1.29 is 19.1 Å². The first kappa shape index (κ1) is 21.9. The predicted octanol–water partition coefficient (Wildman–Crippen LogP) is 1.72. The highest BCUT2D eigenvalue weighted by Gasteiger charge is 2.53. The summed E-state index contributed by atoms with van der Waals surface area (Å²) < 4.78 is 6.80. The summed E-state index contributed by atoms with van der Waals surface area (Å²) in [5.74, 6) is -0.200. The third-order valence-electron chi connectivity index (χ3n) is 5.92. The van der Waals surface area contributed by atoms with Crippen LogP contribution in [0.15, 0.2) is 30.6 Å². The summed E-state index contributed by atoms with van der Waals surface area (Å²) in [5.41, 5.74) is 0.203. The van der Waals surface area contributed by atoms with Gasteiger partial charge in [0.2, 0.25) is 5.91 Å². The first-order valence-electron chi connectivity index (χ1n) is 10.9. The molecule has 1 unspecified atom stereocenters. The summed E-state index contributed by atoms with van der Waals surface area (Å²) in [4.78, 5) is 45.3. The van der Waals surface area contributed by atoms with Crippen LogP contribution in [-0.2, 0) is 17.9 Å². The van der Waals surface area contributed by atoms with Gasteiger partial charge in [-0.1, -0.05) is 12.1 Å². The number of fused-ring (bicyclic) bond motifs is 1. The maximum Gasteiger partial charge on any atom is 0.274 e. The van der Waals surface area contributed by atoms with Crippen LogP contribution in [0.25, 0.3) is 0 Å². The van der Waals surface area contributed by atoms with Crippen LogP contribution >= 0.6 is 0 Å². The fourth-order valence-electron chi connectivity index (χ4n) is 4.17. The standard InChI is InChI=1S/C23H29N5O4/c1-14(2)26-20(29)18-19-21(30)28(16-7-8-16)23(3,12-27(19)13-25-18)22(31)24-11-15-5-9-17(32-4)10-6-15/h5-6,9-10,13-14,16H,7-8,11-12H2,1-4H3,(H,24,31)(H,26,29). The molecule has 170 valence electrons. The summed E-state index contributed by atoms with van der Waals surface area (Å²) in [6, 6.07) is 7.37. The summed E-state index contributed by atoms with van der Waals surface area (Å²) in [6.07, 6.45) is 3.16. The van der Waals surface area contributed by atoms with Crippen LogP contribution in [0.4, 0.5) is 0 Å². The van der Waals surface area contributed by atoms with Crippen LogP contribution < -0.4 is 15.4 Å². The third-order valence-corrected chi connectivity index (χ3v) is 5.92. The van der Waals surface area contributed by atoms with Crippen molar-refractivity contribution >= 4 is 17.7 Å². The number of ether oxygens (including phenoxy) is 1. The summed E-state index contributed by atoms with van der Waals surface area (Å²) in [6.45, 7) is 6.06. The molecule has 1 aliphatic carbocycles. The quantitative estimate of drug-likeness (QED) is 0.684. The van der Waals surface area contributed by atoms with Crippen LogP contribution in [0.3, 0.4) is 0 Å². The number of nitrogens with zero attached hydrogens (tertiary/aromatic N) is 3. The highest BCUT2D eigenvalue weighted by atomic mass is 16.5. The summed E-state index contributed by atoms with van der Waals surface area (Å²) >= 11 is 0. The van der Waals surface area contributed by atoms with E-state index in [1.807, 2.05) is 38.1 Å². The molecule has 2 aromatic rings. The third kappa shape index (κ3) is 3.94. The second kappa shape index (κ2) is 8.29. The Labute approximate surface area is 187 Å². The van der Waals surface area contributed by atoms with Crippen molar-refractivity contribution in [2.75, 3.05) is 7.11 Å². The molecule has 4 rings (SSSR count). The molecule has 2 aliphatic rings. The lowest BCUT2D eigenvalue weighted by molar-refractivity contribution is -0.133. The number of hydrogen-bond donors (Lipinski definition) is 2. The van der Waals surface area contributed by atoms with Gasteiger partial charge in [0.1, 0.15) is 17.0 Å². The normalized spacial score (nSPS) is 20.2. The molecule has 1 atom stereocenters. The van der Waals surface area contributed by atoms with Crippen molar-refractivity contribution in [2.24, 2.45) is 0 Å². The zero-order valence-electron chi connectivity index (χ0n) is 18.8. The number of amides is 3. The van der Waals surface area contributed by atoms with E-state index in [2.05, 4.69) is 15.6 Å². The minimum atomic E-state index is -1.08. The van der Waals surface area contributed by atoms with Crippen molar-refractivity contribution in [1.82, 2.24) is 25.1 Å². The molecule has 1 aromatic carbocycles. The number of rotatable bonds is 7. The molecule has 2 heterocycles. The number of carbonyl (C=O) groups excluding carboxylic acids is 3. The zero-order chi connectivity index (χ0) is 23.0. The molecule has 2 N–H and O–H groups in total. The molecule has 1 fully saturated rings. The van der Waals surface area contributed by atoms with E-state index in [-0.39, 0.29) is 47.7 Å². The van der Waals surface area contributed by atoms with Gasteiger partial charge in [-0.25, -0.2) is 4.98 Å². The van der Waals surface area contributed by atoms with E-state index in [9.17, 15) is 14.4 Å². The average Bonchev–Trinajstić information content (AvgIpc) is 3.49. The Morgan fingerprint density at radius 3 is 2.53 bits per heavy atom. The van der Waals surface area contributed by atoms with E-state index in [4.69, 9.17) is 4.74 Å². The van der Waals surface area contributed by atoms with E-state index in [1.54, 1.807) is 23.5 Å². The SMILES string of the molecule is COc1ccc(CNC(=O)C2(C)Cn3cnc(C(=O)NC(C)C)c3C(=O)N2C2CC2)cc1. The van der Waals surface area contributed by atoms with Gasteiger partial charge in [0, 0.05) is 18.6 Å². The summed E-state index contributed by atoms with van der Waals surface area (Å²) in [7, 11) is 1.60. The average molecular weight is 440 g/mol. The van der Waals surface area contributed by atoms with Gasteiger partial charge < -0.3 is 24.8 Å². The Morgan fingerprint density at radius 2 is 1.94 bits per heavy atom. The smallest absolute Gasteiger partial charge is 0.274 e. The molecule has 1 aliphatic heterocycles. The fraction of sp³-hybridized carbons (Fsp3) is 0.478. The van der Waals surface area contributed by atoms with Crippen molar-refractivity contribution in [3.63, 3.8) is 0 Å². The Bertz CT molecular complexity index is 1040. The van der Waals surface area contributed by atoms with E-state index in [0.29, 0.717) is 6.54 Å². The number of hydrogen-bond acceptors (Lipinski definition) is 5. The molecule has 32 heavy (non-hydrogen) atoms. The van der Waals surface area contributed by atoms with Crippen LogP contribution in [0, 0.1) is 0 Å². The van der Waals surface area contributed by atoms with Gasteiger partial charge in [0.05, 0.1) is 20.0 Å². The van der Waals surface area contributed by atoms with Crippen LogP contribution in [0.5, 0.6) is 5.75 Å². The van der Waals surface area contributed by atoms with Gasteiger partial charge >= 0.3 is 0 Å². The second-order valence-corrected chi connectivity index (χ2v) is 8.91. The monoisotopic (exact) mass is 439 g/mol. The molecular weight excluding hydrogens is 410 g/mol. The largest absolute Gasteiger partial charge is 0.497 e. The maximum atomic E-state index is 13.5. The van der Waals surface area contributed by atoms with E-state index >= 15 is 0 Å². The first-order chi connectivity index (χ1) is 15.2. The lowest BCUT2D eigenvalue weighted by Crippen LogP contribution is -2.64. The van der Waals surface area contributed by atoms with Gasteiger partial charge in [-0.15, -0.1) is 0 Å². The molecule has 1 aromatic heterocycles. The number of carbonyl (C=O) groups is 3. The van der Waals surface area contributed by atoms with E-state index in [1.165, 1.54) is 6.33 Å². The zero-order valence-corrected chi connectivity index (χ0v) is 18.8. The maximum absolute atomic E-state index is 13.5. The van der Waals surface area contributed by atoms with E-state index < -0.39 is 5.54 Å². The Balaban J connectivity index is 1.58. The second-order valence-electron chi connectivity index (χ2n) is 8.91. The van der Waals surface area contributed by atoms with Crippen LogP contribution in [0.1, 0.15) is 60.2 Å². The number of methoxy groups -OCH3 is 1. The highest BCUT2D eigenvalue weighted by Crippen LogP contribution is 2.38. The first-order valence-corrected chi connectivity index (χ1v) is 10.9. The predicted molar refractivity (Wildman–Crippen MR) is 117 cm³/mol. The lowest BCUT2D eigenvalue weighted by atomic mass is 9.93. The fourth-order valence-corrected chi connectivity index (χ4v) is 4.17. The Morgan fingerprint density at radius 1 is 1.25 bits per heavy atom.